The highest BCUT2D eigenvalue weighted by molar-refractivity contribution is 6.33. The number of aryl methyl sites for hydroxylation is 1. The Morgan fingerprint density at radius 2 is 2.23 bits per heavy atom. The summed E-state index contributed by atoms with van der Waals surface area (Å²) >= 11 is 6.02. The second-order valence-corrected chi connectivity index (χ2v) is 3.34. The van der Waals surface area contributed by atoms with Crippen LogP contribution in [0.15, 0.2) is 30.4 Å². The zero-order valence-corrected chi connectivity index (χ0v) is 8.73. The van der Waals surface area contributed by atoms with E-state index >= 15 is 0 Å². The molecule has 0 unspecified atom stereocenters. The molecular weight excluding hydrogens is 182 g/mol. The first kappa shape index (κ1) is 10.1. The van der Waals surface area contributed by atoms with E-state index in [9.17, 15) is 0 Å². The van der Waals surface area contributed by atoms with Gasteiger partial charge in [-0.25, -0.2) is 0 Å². The molecule has 70 valence electrons. The van der Waals surface area contributed by atoms with E-state index in [4.69, 9.17) is 11.6 Å². The number of rotatable bonds is 3. The maximum atomic E-state index is 6.02. The van der Waals surface area contributed by atoms with Gasteiger partial charge in [0, 0.05) is 6.54 Å². The number of halogens is 1. The number of hydrogen-bond acceptors (Lipinski definition) is 1. The molecule has 0 saturated carbocycles. The van der Waals surface area contributed by atoms with Crippen molar-refractivity contribution in [2.24, 2.45) is 0 Å². The molecule has 0 radical (unpaired) electrons. The van der Waals surface area contributed by atoms with Crippen molar-refractivity contribution < 1.29 is 0 Å². The molecule has 0 spiro atoms. The van der Waals surface area contributed by atoms with E-state index in [2.05, 4.69) is 11.4 Å². The van der Waals surface area contributed by atoms with E-state index in [1.165, 1.54) is 5.56 Å². The maximum absolute atomic E-state index is 6.02. The minimum absolute atomic E-state index is 0.782. The first-order chi connectivity index (χ1) is 6.24. The van der Waals surface area contributed by atoms with Gasteiger partial charge in [-0.2, -0.15) is 0 Å². The SMILES string of the molecule is C/C=C/CNc1ccc(C)cc1Cl. The van der Waals surface area contributed by atoms with Crippen LogP contribution in [0.3, 0.4) is 0 Å². The molecule has 13 heavy (non-hydrogen) atoms. The van der Waals surface area contributed by atoms with Gasteiger partial charge in [0.2, 0.25) is 0 Å². The molecule has 2 heteroatoms. The topological polar surface area (TPSA) is 12.0 Å². The lowest BCUT2D eigenvalue weighted by Crippen LogP contribution is -1.98. The second kappa shape index (κ2) is 4.93. The predicted molar refractivity (Wildman–Crippen MR) is 59.5 cm³/mol. The van der Waals surface area contributed by atoms with E-state index in [1.54, 1.807) is 0 Å². The Morgan fingerprint density at radius 3 is 2.85 bits per heavy atom. The maximum Gasteiger partial charge on any atom is 0.0640 e. The summed E-state index contributed by atoms with van der Waals surface area (Å²) in [5.41, 5.74) is 2.17. The van der Waals surface area contributed by atoms with Crippen LogP contribution >= 0.6 is 11.6 Å². The number of nitrogens with one attached hydrogen (secondary N) is 1. The molecule has 0 bridgehead atoms. The zero-order chi connectivity index (χ0) is 9.68. The fourth-order valence-electron chi connectivity index (χ4n) is 1.05. The normalized spacial score (nSPS) is 10.7. The fraction of sp³-hybridized carbons (Fsp3) is 0.273. The van der Waals surface area contributed by atoms with Gasteiger partial charge in [0.15, 0.2) is 0 Å². The molecule has 0 aliphatic rings. The highest BCUT2D eigenvalue weighted by Gasteiger charge is 1.97. The van der Waals surface area contributed by atoms with Gasteiger partial charge in [-0.05, 0) is 31.5 Å². The third-order valence-corrected chi connectivity index (χ3v) is 2.08. The van der Waals surface area contributed by atoms with Crippen molar-refractivity contribution in [2.45, 2.75) is 13.8 Å². The van der Waals surface area contributed by atoms with Crippen LogP contribution in [-0.2, 0) is 0 Å². The Morgan fingerprint density at radius 1 is 1.46 bits per heavy atom. The van der Waals surface area contributed by atoms with Gasteiger partial charge >= 0.3 is 0 Å². The van der Waals surface area contributed by atoms with Crippen LogP contribution in [0.2, 0.25) is 5.02 Å². The molecule has 0 saturated heterocycles. The molecule has 0 aliphatic heterocycles. The van der Waals surface area contributed by atoms with Crippen molar-refractivity contribution in [1.29, 1.82) is 0 Å². The molecule has 1 aromatic carbocycles. The summed E-state index contributed by atoms with van der Waals surface area (Å²) in [5, 5.41) is 4.00. The summed E-state index contributed by atoms with van der Waals surface area (Å²) in [5.74, 6) is 0. The average Bonchev–Trinajstić information content (AvgIpc) is 2.09. The van der Waals surface area contributed by atoms with Crippen molar-refractivity contribution >= 4 is 17.3 Å². The molecule has 0 amide bonds. The number of benzene rings is 1. The number of allylic oxidation sites excluding steroid dienone is 1. The second-order valence-electron chi connectivity index (χ2n) is 2.93. The summed E-state index contributed by atoms with van der Waals surface area (Å²) in [6, 6.07) is 6.00. The van der Waals surface area contributed by atoms with Gasteiger partial charge in [-0.3, -0.25) is 0 Å². The molecular formula is C11H14ClN. The third-order valence-electron chi connectivity index (χ3n) is 1.77. The van der Waals surface area contributed by atoms with Gasteiger partial charge in [0.05, 0.1) is 10.7 Å². The first-order valence-electron chi connectivity index (χ1n) is 4.35. The molecule has 1 rings (SSSR count). The molecule has 1 aromatic rings. The van der Waals surface area contributed by atoms with Crippen molar-refractivity contribution in [3.05, 3.63) is 40.9 Å². The highest BCUT2D eigenvalue weighted by atomic mass is 35.5. The minimum Gasteiger partial charge on any atom is -0.380 e. The summed E-state index contributed by atoms with van der Waals surface area (Å²) in [6.07, 6.45) is 4.06. The number of anilines is 1. The van der Waals surface area contributed by atoms with E-state index in [0.29, 0.717) is 0 Å². The molecule has 0 aromatic heterocycles. The lowest BCUT2D eigenvalue weighted by molar-refractivity contribution is 1.32. The largest absolute Gasteiger partial charge is 0.380 e. The Labute approximate surface area is 84.4 Å². The predicted octanol–water partition coefficient (Wildman–Crippen LogP) is 3.64. The Bertz CT molecular complexity index is 305. The van der Waals surface area contributed by atoms with Crippen molar-refractivity contribution in [1.82, 2.24) is 0 Å². The van der Waals surface area contributed by atoms with Crippen LogP contribution < -0.4 is 5.32 Å². The van der Waals surface area contributed by atoms with Gasteiger partial charge in [0.1, 0.15) is 0 Å². The van der Waals surface area contributed by atoms with Crippen LogP contribution in [0, 0.1) is 6.92 Å². The summed E-state index contributed by atoms with van der Waals surface area (Å²) in [6.45, 7) is 4.85. The molecule has 1 N–H and O–H groups in total. The van der Waals surface area contributed by atoms with Crippen LogP contribution in [0.1, 0.15) is 12.5 Å². The Balaban J connectivity index is 2.66. The Kier molecular flexibility index (Phi) is 3.84. The molecule has 1 nitrogen and oxygen atoms in total. The van der Waals surface area contributed by atoms with E-state index in [-0.39, 0.29) is 0 Å². The smallest absolute Gasteiger partial charge is 0.0640 e. The quantitative estimate of drug-likeness (QED) is 0.727. The van der Waals surface area contributed by atoms with E-state index in [0.717, 1.165) is 17.3 Å². The average molecular weight is 196 g/mol. The van der Waals surface area contributed by atoms with Crippen molar-refractivity contribution in [3.8, 4) is 0 Å². The lowest BCUT2D eigenvalue weighted by Gasteiger charge is -2.06. The fourth-order valence-corrected chi connectivity index (χ4v) is 1.35. The Hall–Kier alpha value is -0.950. The van der Waals surface area contributed by atoms with Crippen LogP contribution in [-0.4, -0.2) is 6.54 Å². The summed E-state index contributed by atoms with van der Waals surface area (Å²) in [4.78, 5) is 0. The van der Waals surface area contributed by atoms with Crippen LogP contribution in [0.25, 0.3) is 0 Å². The van der Waals surface area contributed by atoms with Gasteiger partial charge < -0.3 is 5.32 Å². The van der Waals surface area contributed by atoms with Crippen molar-refractivity contribution in [3.63, 3.8) is 0 Å². The van der Waals surface area contributed by atoms with Gasteiger partial charge in [0.25, 0.3) is 0 Å². The molecule has 0 heterocycles. The summed E-state index contributed by atoms with van der Waals surface area (Å²) in [7, 11) is 0. The molecule has 0 fully saturated rings. The standard InChI is InChI=1S/C11H14ClN/c1-3-4-7-13-11-6-5-9(2)8-10(11)12/h3-6,8,13H,7H2,1-2H3/b4-3+. The molecule has 0 aliphatic carbocycles. The third kappa shape index (κ3) is 3.11. The zero-order valence-electron chi connectivity index (χ0n) is 7.97. The minimum atomic E-state index is 0.782. The van der Waals surface area contributed by atoms with E-state index in [1.807, 2.05) is 38.1 Å². The highest BCUT2D eigenvalue weighted by Crippen LogP contribution is 2.22. The lowest BCUT2D eigenvalue weighted by atomic mass is 10.2. The van der Waals surface area contributed by atoms with Crippen LogP contribution in [0.4, 0.5) is 5.69 Å². The van der Waals surface area contributed by atoms with E-state index < -0.39 is 0 Å². The monoisotopic (exact) mass is 195 g/mol. The number of hydrogen-bond donors (Lipinski definition) is 1. The van der Waals surface area contributed by atoms with Gasteiger partial charge in [-0.15, -0.1) is 0 Å². The van der Waals surface area contributed by atoms with Crippen molar-refractivity contribution in [2.75, 3.05) is 11.9 Å². The summed E-state index contributed by atoms with van der Waals surface area (Å²) < 4.78 is 0. The first-order valence-corrected chi connectivity index (χ1v) is 4.73. The van der Waals surface area contributed by atoms with Crippen LogP contribution in [0.5, 0.6) is 0 Å². The molecule has 0 atom stereocenters. The van der Waals surface area contributed by atoms with Gasteiger partial charge in [-0.1, -0.05) is 29.8 Å².